The number of hydrogen-bond acceptors (Lipinski definition) is 3. The smallest absolute Gasteiger partial charge is 0.269 e. The number of nitrogens with one attached hydrogen (secondary N) is 1. The molecule has 0 saturated carbocycles. The molecule has 0 aliphatic rings. The second-order valence-corrected chi connectivity index (χ2v) is 6.01. The van der Waals surface area contributed by atoms with E-state index in [4.69, 9.17) is 11.6 Å². The van der Waals surface area contributed by atoms with Crippen LogP contribution in [0.15, 0.2) is 48.5 Å². The first-order valence-electron chi connectivity index (χ1n) is 7.75. The van der Waals surface area contributed by atoms with E-state index in [2.05, 4.69) is 19.2 Å². The summed E-state index contributed by atoms with van der Waals surface area (Å²) < 4.78 is 0. The quantitative estimate of drug-likeness (QED) is 0.570. The van der Waals surface area contributed by atoms with Crippen LogP contribution in [0, 0.1) is 10.1 Å². The molecule has 0 amide bonds. The summed E-state index contributed by atoms with van der Waals surface area (Å²) in [5, 5.41) is 15.2. The van der Waals surface area contributed by atoms with Crippen molar-refractivity contribution in [2.75, 3.05) is 0 Å². The van der Waals surface area contributed by atoms with Gasteiger partial charge < -0.3 is 5.32 Å². The van der Waals surface area contributed by atoms with Gasteiger partial charge in [0.05, 0.1) is 4.92 Å². The lowest BCUT2D eigenvalue weighted by Crippen LogP contribution is -2.40. The van der Waals surface area contributed by atoms with Crippen molar-refractivity contribution >= 4 is 17.3 Å². The summed E-state index contributed by atoms with van der Waals surface area (Å²) in [6.45, 7) is 4.85. The second-order valence-electron chi connectivity index (χ2n) is 5.58. The van der Waals surface area contributed by atoms with Crippen LogP contribution in [0.4, 0.5) is 5.69 Å². The van der Waals surface area contributed by atoms with Crippen LogP contribution >= 0.6 is 11.6 Å². The van der Waals surface area contributed by atoms with Crippen LogP contribution < -0.4 is 5.32 Å². The third-order valence-electron chi connectivity index (χ3n) is 4.36. The molecule has 0 radical (unpaired) electrons. The van der Waals surface area contributed by atoms with Gasteiger partial charge in [0, 0.05) is 29.2 Å². The van der Waals surface area contributed by atoms with E-state index in [9.17, 15) is 10.1 Å². The summed E-state index contributed by atoms with van der Waals surface area (Å²) in [4.78, 5) is 10.5. The summed E-state index contributed by atoms with van der Waals surface area (Å²) in [5.74, 6) is 0. The van der Waals surface area contributed by atoms with Crippen molar-refractivity contribution in [3.8, 4) is 0 Å². The van der Waals surface area contributed by atoms with Crippen LogP contribution in [0.5, 0.6) is 0 Å². The Morgan fingerprint density at radius 1 is 1.13 bits per heavy atom. The Morgan fingerprint density at radius 3 is 2.35 bits per heavy atom. The lowest BCUT2D eigenvalue weighted by Gasteiger charge is -2.34. The zero-order valence-electron chi connectivity index (χ0n) is 13.4. The lowest BCUT2D eigenvalue weighted by molar-refractivity contribution is -0.384. The monoisotopic (exact) mass is 332 g/mol. The van der Waals surface area contributed by atoms with E-state index in [1.54, 1.807) is 12.1 Å². The number of rotatable bonds is 7. The summed E-state index contributed by atoms with van der Waals surface area (Å²) >= 11 is 5.98. The second kappa shape index (κ2) is 7.57. The number of benzene rings is 2. The maximum Gasteiger partial charge on any atom is 0.269 e. The molecule has 4 nitrogen and oxygen atoms in total. The Balaban J connectivity index is 2.21. The van der Waals surface area contributed by atoms with Crippen molar-refractivity contribution in [2.45, 2.75) is 38.8 Å². The Kier molecular flexibility index (Phi) is 5.74. The topological polar surface area (TPSA) is 55.2 Å². The molecule has 0 spiro atoms. The number of nitrogens with zero attached hydrogens (tertiary/aromatic N) is 1. The van der Waals surface area contributed by atoms with Gasteiger partial charge in [-0.2, -0.15) is 0 Å². The molecule has 0 unspecified atom stereocenters. The van der Waals surface area contributed by atoms with Crippen LogP contribution in [-0.4, -0.2) is 4.92 Å². The number of hydrogen-bond donors (Lipinski definition) is 1. The molecule has 2 rings (SSSR count). The first-order chi connectivity index (χ1) is 11.0. The van der Waals surface area contributed by atoms with Gasteiger partial charge in [-0.25, -0.2) is 0 Å². The van der Waals surface area contributed by atoms with Gasteiger partial charge in [-0.1, -0.05) is 49.7 Å². The third-order valence-corrected chi connectivity index (χ3v) is 4.61. The minimum Gasteiger partial charge on any atom is -0.303 e. The van der Waals surface area contributed by atoms with Crippen LogP contribution in [0.25, 0.3) is 0 Å². The molecule has 0 fully saturated rings. The molecule has 0 heterocycles. The molecule has 122 valence electrons. The Morgan fingerprint density at radius 2 is 1.78 bits per heavy atom. The van der Waals surface area contributed by atoms with Crippen molar-refractivity contribution in [3.63, 3.8) is 0 Å². The molecule has 23 heavy (non-hydrogen) atoms. The summed E-state index contributed by atoms with van der Waals surface area (Å²) in [5.41, 5.74) is 2.03. The number of nitro benzene ring substituents is 1. The number of nitro groups is 1. The third kappa shape index (κ3) is 4.09. The minimum absolute atomic E-state index is 0.120. The van der Waals surface area contributed by atoms with Gasteiger partial charge in [-0.3, -0.25) is 10.1 Å². The molecule has 0 atom stereocenters. The van der Waals surface area contributed by atoms with Gasteiger partial charge in [0.25, 0.3) is 5.69 Å². The van der Waals surface area contributed by atoms with Gasteiger partial charge in [-0.05, 0) is 36.1 Å². The first kappa shape index (κ1) is 17.4. The van der Waals surface area contributed by atoms with Crippen LogP contribution in [-0.2, 0) is 12.1 Å². The average Bonchev–Trinajstić information content (AvgIpc) is 2.58. The highest BCUT2D eigenvalue weighted by atomic mass is 35.5. The van der Waals surface area contributed by atoms with Crippen molar-refractivity contribution in [1.82, 2.24) is 5.32 Å². The molecule has 2 aromatic rings. The molecule has 0 bridgehead atoms. The standard InChI is InChI=1S/C18H21ClN2O2/c1-3-18(4-2,15-8-10-16(19)11-9-15)20-13-14-6-5-7-17(12-14)21(22)23/h5-12,20H,3-4,13H2,1-2H3. The molecule has 0 aromatic heterocycles. The Hall–Kier alpha value is -1.91. The van der Waals surface area contributed by atoms with Crippen molar-refractivity contribution < 1.29 is 4.92 Å². The summed E-state index contributed by atoms with van der Waals surface area (Å²) in [7, 11) is 0. The highest BCUT2D eigenvalue weighted by Crippen LogP contribution is 2.30. The van der Waals surface area contributed by atoms with Gasteiger partial charge in [0.2, 0.25) is 0 Å². The van der Waals surface area contributed by atoms with Gasteiger partial charge in [-0.15, -0.1) is 0 Å². The predicted octanol–water partition coefficient (Wildman–Crippen LogP) is 5.05. The normalized spacial score (nSPS) is 11.4. The molecule has 2 aromatic carbocycles. The van der Waals surface area contributed by atoms with Crippen LogP contribution in [0.2, 0.25) is 5.02 Å². The molecule has 0 saturated heterocycles. The van der Waals surface area contributed by atoms with Crippen molar-refractivity contribution in [2.24, 2.45) is 0 Å². The Bertz CT molecular complexity index is 667. The van der Waals surface area contributed by atoms with Crippen molar-refractivity contribution in [3.05, 3.63) is 74.8 Å². The fraction of sp³-hybridized carbons (Fsp3) is 0.333. The number of non-ortho nitro benzene ring substituents is 1. The fourth-order valence-corrected chi connectivity index (χ4v) is 2.96. The molecular formula is C18H21ClN2O2. The molecule has 1 N–H and O–H groups in total. The zero-order valence-corrected chi connectivity index (χ0v) is 14.1. The van der Waals surface area contributed by atoms with E-state index in [0.717, 1.165) is 18.4 Å². The average molecular weight is 333 g/mol. The lowest BCUT2D eigenvalue weighted by atomic mass is 9.84. The summed E-state index contributed by atoms with van der Waals surface area (Å²) in [6.07, 6.45) is 1.83. The largest absolute Gasteiger partial charge is 0.303 e. The molecule has 5 heteroatoms. The van der Waals surface area contributed by atoms with Gasteiger partial charge >= 0.3 is 0 Å². The highest BCUT2D eigenvalue weighted by molar-refractivity contribution is 6.30. The van der Waals surface area contributed by atoms with E-state index in [-0.39, 0.29) is 16.1 Å². The van der Waals surface area contributed by atoms with E-state index in [1.165, 1.54) is 11.6 Å². The first-order valence-corrected chi connectivity index (χ1v) is 8.13. The maximum absolute atomic E-state index is 10.9. The van der Waals surface area contributed by atoms with Crippen molar-refractivity contribution in [1.29, 1.82) is 0 Å². The molecule has 0 aliphatic carbocycles. The van der Waals surface area contributed by atoms with Gasteiger partial charge in [0.1, 0.15) is 0 Å². The SMILES string of the molecule is CCC(CC)(NCc1cccc([N+](=O)[O-])c1)c1ccc(Cl)cc1. The maximum atomic E-state index is 10.9. The summed E-state index contributed by atoms with van der Waals surface area (Å²) in [6, 6.07) is 14.6. The predicted molar refractivity (Wildman–Crippen MR) is 93.6 cm³/mol. The minimum atomic E-state index is -0.365. The zero-order chi connectivity index (χ0) is 16.9. The van der Waals surface area contributed by atoms with Crippen LogP contribution in [0.1, 0.15) is 37.8 Å². The van der Waals surface area contributed by atoms with E-state index in [1.807, 2.05) is 30.3 Å². The fourth-order valence-electron chi connectivity index (χ4n) is 2.83. The Labute approximate surface area is 141 Å². The van der Waals surface area contributed by atoms with Gasteiger partial charge in [0.15, 0.2) is 0 Å². The highest BCUT2D eigenvalue weighted by Gasteiger charge is 2.27. The van der Waals surface area contributed by atoms with E-state index < -0.39 is 0 Å². The van der Waals surface area contributed by atoms with E-state index >= 15 is 0 Å². The van der Waals surface area contributed by atoms with E-state index in [0.29, 0.717) is 11.6 Å². The van der Waals surface area contributed by atoms with Crippen LogP contribution in [0.3, 0.4) is 0 Å². The molecule has 0 aliphatic heterocycles. The number of halogens is 1. The molecular weight excluding hydrogens is 312 g/mol.